The van der Waals surface area contributed by atoms with Crippen LogP contribution in [0.2, 0.25) is 0 Å². The summed E-state index contributed by atoms with van der Waals surface area (Å²) < 4.78 is 0. The van der Waals surface area contributed by atoms with Gasteiger partial charge in [-0.05, 0) is 74.0 Å². The maximum Gasteiger partial charge on any atom is 0.117 e. The zero-order chi connectivity index (χ0) is 23.2. The van der Waals surface area contributed by atoms with Gasteiger partial charge in [-0.3, -0.25) is 20.4 Å². The van der Waals surface area contributed by atoms with E-state index in [1.54, 1.807) is 38.5 Å². The van der Waals surface area contributed by atoms with E-state index in [9.17, 15) is 0 Å². The van der Waals surface area contributed by atoms with Gasteiger partial charge in [-0.25, -0.2) is 10.2 Å². The van der Waals surface area contributed by atoms with Gasteiger partial charge in [-0.15, -0.1) is 10.4 Å². The molecule has 8 aliphatic carbocycles. The minimum absolute atomic E-state index is 0. The van der Waals surface area contributed by atoms with Crippen LogP contribution in [0.15, 0.2) is 10.2 Å². The highest BCUT2D eigenvalue weighted by Gasteiger charge is 2.52. The van der Waals surface area contributed by atoms with Crippen molar-refractivity contribution in [3.8, 4) is 0 Å². The lowest BCUT2D eigenvalue weighted by atomic mass is 9.53. The van der Waals surface area contributed by atoms with Crippen molar-refractivity contribution in [3.63, 3.8) is 0 Å². The molecule has 0 aliphatic heterocycles. The lowest BCUT2D eigenvalue weighted by Gasteiger charge is -2.52. The van der Waals surface area contributed by atoms with E-state index in [0.717, 1.165) is 35.5 Å². The monoisotopic (exact) mass is 504 g/mol. The van der Waals surface area contributed by atoms with Gasteiger partial charge in [-0.1, -0.05) is 0 Å². The van der Waals surface area contributed by atoms with Gasteiger partial charge >= 0.3 is 0 Å². The molecule has 10 rings (SSSR count). The second-order valence-electron chi connectivity index (χ2n) is 12.4. The number of hydrogen-bond acceptors (Lipinski definition) is 8. The van der Waals surface area contributed by atoms with E-state index < -0.39 is 0 Å². The Balaban J connectivity index is 0.000000123. The largest absolute Gasteiger partial charge is 0.412 e. The number of aromatic nitrogens is 8. The summed E-state index contributed by atoms with van der Waals surface area (Å²) in [6.45, 7) is 0. The van der Waals surface area contributed by atoms with Crippen molar-refractivity contribution in [2.45, 2.75) is 88.1 Å². The molecule has 0 aromatic carbocycles. The number of nitrogens with zero attached hydrogens (tertiary/aromatic N) is 10. The molecule has 0 radical (unpaired) electrons. The van der Waals surface area contributed by atoms with Crippen molar-refractivity contribution in [2.24, 2.45) is 45.7 Å². The maximum absolute atomic E-state index is 4.43. The Labute approximate surface area is 209 Å². The van der Waals surface area contributed by atoms with Gasteiger partial charge in [0.15, 0.2) is 0 Å². The average molecular weight is 505 g/mol. The summed E-state index contributed by atoms with van der Waals surface area (Å²) in [6.07, 6.45) is 18.0. The smallest absolute Gasteiger partial charge is 0.117 e. The number of hydrogen-bond donors (Lipinski definition) is 2. The highest BCUT2D eigenvalue weighted by atomic mass is 16.0. The molecule has 8 fully saturated rings. The second-order valence-corrected chi connectivity index (χ2v) is 12.4. The number of tetrazole rings is 2. The fourth-order valence-electron chi connectivity index (χ4n) is 9.03. The average Bonchev–Trinajstić information content (AvgIpc) is 3.44. The number of azo groups is 1. The number of quaternary nitrogens is 2. The third kappa shape index (κ3) is 5.93. The van der Waals surface area contributed by atoms with Crippen LogP contribution in [0.25, 0.3) is 0 Å². The van der Waals surface area contributed by atoms with E-state index in [-0.39, 0.29) is 22.8 Å². The molecule has 0 atom stereocenters. The fourth-order valence-corrected chi connectivity index (χ4v) is 9.03. The molecule has 0 unspecified atom stereocenters. The first-order valence-electron chi connectivity index (χ1n) is 12.9. The van der Waals surface area contributed by atoms with Gasteiger partial charge in [0, 0.05) is 38.5 Å². The topological polar surface area (TPSA) is 249 Å². The normalized spacial score (nSPS) is 40.5. The van der Waals surface area contributed by atoms with Crippen molar-refractivity contribution in [1.82, 2.24) is 41.2 Å². The molecule has 200 valence electrons. The van der Waals surface area contributed by atoms with Gasteiger partial charge < -0.3 is 22.4 Å². The molecule has 0 saturated heterocycles. The summed E-state index contributed by atoms with van der Waals surface area (Å²) in [6, 6.07) is 0. The molecule has 2 heterocycles. The van der Waals surface area contributed by atoms with E-state index in [1.807, 2.05) is 0 Å². The lowest BCUT2D eigenvalue weighted by Crippen LogP contribution is -2.77. The summed E-state index contributed by atoms with van der Waals surface area (Å²) in [5.74, 6) is 6.58. The molecule has 14 nitrogen and oxygen atoms in total. The van der Waals surface area contributed by atoms with Crippen molar-refractivity contribution in [3.05, 3.63) is 0 Å². The lowest BCUT2D eigenvalue weighted by molar-refractivity contribution is -0.505. The first-order valence-corrected chi connectivity index (χ1v) is 12.9. The van der Waals surface area contributed by atoms with Crippen molar-refractivity contribution in [1.29, 1.82) is 0 Å². The SMILES string of the molecule is N(=N\c1nnn[n-]1)/c1nnn[n-]1.O.O.[NH3+]C12CC3CC(CC(C3)C1)C2.[NH3+]C12CC3CC(CC(C3)C1)C2. The Morgan fingerprint density at radius 3 is 1.03 bits per heavy atom. The predicted octanol–water partition coefficient (Wildman–Crippen LogP) is -0.869. The van der Waals surface area contributed by atoms with Gasteiger partial charge in [0.2, 0.25) is 0 Å². The molecule has 10 N–H and O–H groups in total. The van der Waals surface area contributed by atoms with Crippen LogP contribution in [0.4, 0.5) is 11.9 Å². The van der Waals surface area contributed by atoms with Gasteiger partial charge in [0.1, 0.15) is 11.9 Å². The molecule has 36 heavy (non-hydrogen) atoms. The minimum Gasteiger partial charge on any atom is -0.412 e. The molecule has 8 saturated carbocycles. The molecule has 14 heteroatoms. The summed E-state index contributed by atoms with van der Waals surface area (Å²) in [5, 5.41) is 33.3. The summed E-state index contributed by atoms with van der Waals surface area (Å²) >= 11 is 0. The zero-order valence-electron chi connectivity index (χ0n) is 20.8. The van der Waals surface area contributed by atoms with Crippen LogP contribution in [-0.4, -0.2) is 53.1 Å². The van der Waals surface area contributed by atoms with E-state index >= 15 is 0 Å². The van der Waals surface area contributed by atoms with Crippen LogP contribution >= 0.6 is 0 Å². The summed E-state index contributed by atoms with van der Waals surface area (Å²) in [4.78, 5) is 0. The predicted molar refractivity (Wildman–Crippen MR) is 125 cm³/mol. The fraction of sp³-hybridized carbons (Fsp3) is 0.909. The summed E-state index contributed by atoms with van der Waals surface area (Å²) in [7, 11) is 0. The second kappa shape index (κ2) is 10.5. The first-order chi connectivity index (χ1) is 16.4. The van der Waals surface area contributed by atoms with Crippen molar-refractivity contribution in [2.75, 3.05) is 0 Å². The first kappa shape index (κ1) is 26.6. The molecule has 0 spiro atoms. The molecular formula is C22H40N12O2. The van der Waals surface area contributed by atoms with E-state index in [4.69, 9.17) is 0 Å². The highest BCUT2D eigenvalue weighted by Crippen LogP contribution is 2.54. The van der Waals surface area contributed by atoms with Crippen molar-refractivity contribution < 1.29 is 22.4 Å². The minimum atomic E-state index is 0. The Kier molecular flexibility index (Phi) is 7.78. The quantitative estimate of drug-likeness (QED) is 0.485. The van der Waals surface area contributed by atoms with Crippen LogP contribution in [0.1, 0.15) is 77.0 Å². The van der Waals surface area contributed by atoms with E-state index in [2.05, 4.69) is 62.9 Å². The third-order valence-electron chi connectivity index (χ3n) is 9.18. The zero-order valence-corrected chi connectivity index (χ0v) is 20.8. The highest BCUT2D eigenvalue weighted by molar-refractivity contribution is 5.10. The Bertz CT molecular complexity index is 831. The van der Waals surface area contributed by atoms with Crippen LogP contribution in [0.3, 0.4) is 0 Å². The van der Waals surface area contributed by atoms with E-state index in [1.165, 1.54) is 38.5 Å². The molecule has 0 amide bonds. The molecular weight excluding hydrogens is 464 g/mol. The van der Waals surface area contributed by atoms with Crippen LogP contribution in [0, 0.1) is 35.5 Å². The Morgan fingerprint density at radius 1 is 0.556 bits per heavy atom. The Morgan fingerprint density at radius 2 is 0.833 bits per heavy atom. The molecule has 2 aromatic heterocycles. The van der Waals surface area contributed by atoms with Crippen LogP contribution in [0.5, 0.6) is 0 Å². The van der Waals surface area contributed by atoms with Gasteiger partial charge in [0.25, 0.3) is 0 Å². The summed E-state index contributed by atoms with van der Waals surface area (Å²) in [5.41, 5.74) is 9.96. The van der Waals surface area contributed by atoms with Crippen LogP contribution in [-0.2, 0) is 0 Å². The standard InChI is InChI=1S/2C10H17N.C2N10.2H2O/c2*11-10-4-7-1-8(5-10)3-9(2-7)6-10;3(1-5-9-10-6-1)4-2-7-11-12-8-2;;/h2*7-9H,1-6,11H2;;2*1H2/q;;-2;;/p+2/b;;4-3+;;. The molecule has 8 bridgehead atoms. The van der Waals surface area contributed by atoms with Gasteiger partial charge in [0.05, 0.1) is 11.1 Å². The van der Waals surface area contributed by atoms with Gasteiger partial charge in [-0.2, -0.15) is 10.4 Å². The molecule has 8 aliphatic rings. The van der Waals surface area contributed by atoms with E-state index in [0.29, 0.717) is 11.1 Å². The maximum atomic E-state index is 4.43. The third-order valence-corrected chi connectivity index (χ3v) is 9.18. The van der Waals surface area contributed by atoms with Crippen LogP contribution < -0.4 is 21.7 Å². The molecule has 2 aromatic rings. The Hall–Kier alpha value is -2.42. The number of rotatable bonds is 2. The van der Waals surface area contributed by atoms with Crippen molar-refractivity contribution >= 4 is 11.9 Å².